The van der Waals surface area contributed by atoms with E-state index in [4.69, 9.17) is 24.6 Å². The number of nitrogens with zero attached hydrogens (tertiary/aromatic N) is 1. The Hall–Kier alpha value is -3.67. The lowest BCUT2D eigenvalue weighted by Crippen LogP contribution is -2.02. The van der Waals surface area contributed by atoms with Crippen molar-refractivity contribution in [3.8, 4) is 34.1 Å². The predicted molar refractivity (Wildman–Crippen MR) is 114 cm³/mol. The summed E-state index contributed by atoms with van der Waals surface area (Å²) in [4.78, 5) is 4.71. The van der Waals surface area contributed by atoms with Gasteiger partial charge in [0.25, 0.3) is 0 Å². The molecule has 146 valence electrons. The van der Waals surface area contributed by atoms with Gasteiger partial charge >= 0.3 is 0 Å². The maximum atomic E-state index is 6.13. The van der Waals surface area contributed by atoms with Gasteiger partial charge in [0.1, 0.15) is 5.52 Å². The summed E-state index contributed by atoms with van der Waals surface area (Å²) in [5.74, 6) is 1.81. The van der Waals surface area contributed by atoms with E-state index in [9.17, 15) is 0 Å². The van der Waals surface area contributed by atoms with E-state index in [-0.39, 0.29) is 6.79 Å². The standard InChI is InChI=1S/C23H21N3O3/c1-2-11-25-17-9-7-14(24)12-16(17)15-8-10-20-22(28-13-27-20)21(15)23-26-18-5-3-4-6-19(18)29-23/h3-10,12,25H,2,11,13,24H2,1H3. The first kappa shape index (κ1) is 17.4. The monoisotopic (exact) mass is 387 g/mol. The zero-order valence-electron chi connectivity index (χ0n) is 16.1. The zero-order valence-corrected chi connectivity index (χ0v) is 16.1. The Morgan fingerprint density at radius 3 is 2.79 bits per heavy atom. The summed E-state index contributed by atoms with van der Waals surface area (Å²) in [5.41, 5.74) is 12.0. The molecule has 0 radical (unpaired) electrons. The van der Waals surface area contributed by atoms with Crippen molar-refractivity contribution >= 4 is 22.5 Å². The summed E-state index contributed by atoms with van der Waals surface area (Å²) >= 11 is 0. The van der Waals surface area contributed by atoms with Gasteiger partial charge in [-0.15, -0.1) is 0 Å². The van der Waals surface area contributed by atoms with Crippen LogP contribution < -0.4 is 20.5 Å². The van der Waals surface area contributed by atoms with Gasteiger partial charge < -0.3 is 24.9 Å². The third-order valence-electron chi connectivity index (χ3n) is 4.95. The number of nitrogens with two attached hydrogens (primary N) is 1. The van der Waals surface area contributed by atoms with Crippen molar-refractivity contribution in [3.05, 3.63) is 54.6 Å². The van der Waals surface area contributed by atoms with Gasteiger partial charge in [0.15, 0.2) is 17.1 Å². The topological polar surface area (TPSA) is 82.5 Å². The van der Waals surface area contributed by atoms with E-state index < -0.39 is 0 Å². The van der Waals surface area contributed by atoms with Crippen molar-refractivity contribution < 1.29 is 13.9 Å². The van der Waals surface area contributed by atoms with Crippen LogP contribution in [0.3, 0.4) is 0 Å². The van der Waals surface area contributed by atoms with E-state index >= 15 is 0 Å². The number of aromatic nitrogens is 1. The molecule has 2 heterocycles. The molecule has 5 rings (SSSR count). The van der Waals surface area contributed by atoms with Crippen LogP contribution in [-0.4, -0.2) is 18.3 Å². The molecular formula is C23H21N3O3. The molecule has 0 bridgehead atoms. The number of anilines is 2. The fourth-order valence-electron chi connectivity index (χ4n) is 3.59. The van der Waals surface area contributed by atoms with Gasteiger partial charge in [0.2, 0.25) is 12.7 Å². The number of ether oxygens (including phenoxy) is 2. The van der Waals surface area contributed by atoms with Crippen molar-refractivity contribution in [2.24, 2.45) is 0 Å². The second-order valence-electron chi connectivity index (χ2n) is 6.94. The average Bonchev–Trinajstić information content (AvgIpc) is 3.38. The number of rotatable bonds is 5. The molecule has 0 atom stereocenters. The first-order valence-electron chi connectivity index (χ1n) is 9.67. The molecular weight excluding hydrogens is 366 g/mol. The van der Waals surface area contributed by atoms with Crippen molar-refractivity contribution in [2.45, 2.75) is 13.3 Å². The number of fused-ring (bicyclic) bond motifs is 2. The number of nitrogens with one attached hydrogen (secondary N) is 1. The molecule has 3 N–H and O–H groups in total. The van der Waals surface area contributed by atoms with Crippen LogP contribution in [0.15, 0.2) is 59.0 Å². The molecule has 0 spiro atoms. The number of para-hydroxylation sites is 2. The van der Waals surface area contributed by atoms with E-state index in [1.54, 1.807) is 0 Å². The molecule has 3 aromatic carbocycles. The molecule has 6 nitrogen and oxygen atoms in total. The van der Waals surface area contributed by atoms with Crippen LogP contribution in [0.2, 0.25) is 0 Å². The molecule has 0 amide bonds. The van der Waals surface area contributed by atoms with Gasteiger partial charge in [-0.05, 0) is 48.9 Å². The van der Waals surface area contributed by atoms with E-state index in [0.29, 0.717) is 23.1 Å². The Balaban J connectivity index is 1.76. The molecule has 1 aromatic heterocycles. The van der Waals surface area contributed by atoms with Crippen molar-refractivity contribution in [3.63, 3.8) is 0 Å². The third-order valence-corrected chi connectivity index (χ3v) is 4.95. The summed E-state index contributed by atoms with van der Waals surface area (Å²) in [6.45, 7) is 3.16. The molecule has 4 aromatic rings. The Morgan fingerprint density at radius 1 is 1.03 bits per heavy atom. The number of hydrogen-bond acceptors (Lipinski definition) is 6. The smallest absolute Gasteiger partial charge is 0.231 e. The van der Waals surface area contributed by atoms with Crippen LogP contribution in [-0.2, 0) is 0 Å². The van der Waals surface area contributed by atoms with Gasteiger partial charge in [0.05, 0.1) is 5.56 Å². The van der Waals surface area contributed by atoms with Gasteiger partial charge in [-0.3, -0.25) is 0 Å². The molecule has 1 aliphatic rings. The fraction of sp³-hybridized carbons (Fsp3) is 0.174. The summed E-state index contributed by atoms with van der Waals surface area (Å²) in [5, 5.41) is 3.48. The molecule has 1 aliphatic heterocycles. The average molecular weight is 387 g/mol. The minimum Gasteiger partial charge on any atom is -0.454 e. The Morgan fingerprint density at radius 2 is 1.93 bits per heavy atom. The predicted octanol–water partition coefficient (Wildman–Crippen LogP) is 5.29. The number of benzene rings is 3. The lowest BCUT2D eigenvalue weighted by atomic mass is 9.96. The normalized spacial score (nSPS) is 12.4. The first-order chi connectivity index (χ1) is 14.2. The Kier molecular flexibility index (Phi) is 4.24. The highest BCUT2D eigenvalue weighted by molar-refractivity contribution is 5.94. The summed E-state index contributed by atoms with van der Waals surface area (Å²) < 4.78 is 17.5. The first-order valence-corrected chi connectivity index (χ1v) is 9.67. The number of nitrogen functional groups attached to an aromatic ring is 1. The van der Waals surface area contributed by atoms with Crippen LogP contribution in [0.25, 0.3) is 33.7 Å². The van der Waals surface area contributed by atoms with Crippen molar-refractivity contribution in [1.29, 1.82) is 0 Å². The van der Waals surface area contributed by atoms with Crippen LogP contribution in [0.5, 0.6) is 11.5 Å². The van der Waals surface area contributed by atoms with E-state index in [2.05, 4.69) is 12.2 Å². The Bertz CT molecular complexity index is 1170. The zero-order chi connectivity index (χ0) is 19.8. The van der Waals surface area contributed by atoms with Crippen LogP contribution in [0, 0.1) is 0 Å². The second-order valence-corrected chi connectivity index (χ2v) is 6.94. The van der Waals surface area contributed by atoms with E-state index in [1.165, 1.54) is 0 Å². The van der Waals surface area contributed by atoms with Gasteiger partial charge in [0, 0.05) is 29.0 Å². The third kappa shape index (κ3) is 3.02. The number of oxazole rings is 1. The van der Waals surface area contributed by atoms with Gasteiger partial charge in [-0.2, -0.15) is 0 Å². The van der Waals surface area contributed by atoms with Crippen LogP contribution in [0.4, 0.5) is 11.4 Å². The molecule has 0 saturated heterocycles. The molecule has 0 saturated carbocycles. The lowest BCUT2D eigenvalue weighted by molar-refractivity contribution is 0.174. The fourth-order valence-corrected chi connectivity index (χ4v) is 3.59. The summed E-state index contributed by atoms with van der Waals surface area (Å²) in [6.07, 6.45) is 1.02. The lowest BCUT2D eigenvalue weighted by Gasteiger charge is -2.16. The number of hydrogen-bond donors (Lipinski definition) is 2. The van der Waals surface area contributed by atoms with Gasteiger partial charge in [-0.1, -0.05) is 19.1 Å². The molecule has 0 aliphatic carbocycles. The van der Waals surface area contributed by atoms with Crippen LogP contribution >= 0.6 is 0 Å². The SMILES string of the molecule is CCCNc1ccc(N)cc1-c1ccc2c(c1-c1nc3ccccc3o1)OCO2. The van der Waals surface area contributed by atoms with Gasteiger partial charge in [-0.25, -0.2) is 4.98 Å². The second kappa shape index (κ2) is 7.05. The largest absolute Gasteiger partial charge is 0.454 e. The maximum absolute atomic E-state index is 6.13. The highest BCUT2D eigenvalue weighted by Gasteiger charge is 2.27. The van der Waals surface area contributed by atoms with Crippen molar-refractivity contribution in [1.82, 2.24) is 4.98 Å². The van der Waals surface area contributed by atoms with E-state index in [1.807, 2.05) is 54.6 Å². The minimum absolute atomic E-state index is 0.171. The van der Waals surface area contributed by atoms with E-state index in [0.717, 1.165) is 46.4 Å². The highest BCUT2D eigenvalue weighted by Crippen LogP contribution is 2.48. The highest BCUT2D eigenvalue weighted by atomic mass is 16.7. The summed E-state index contributed by atoms with van der Waals surface area (Å²) in [7, 11) is 0. The molecule has 29 heavy (non-hydrogen) atoms. The maximum Gasteiger partial charge on any atom is 0.231 e. The van der Waals surface area contributed by atoms with Crippen LogP contribution in [0.1, 0.15) is 13.3 Å². The quantitative estimate of drug-likeness (QED) is 0.453. The minimum atomic E-state index is 0.171. The molecule has 6 heteroatoms. The molecule has 0 unspecified atom stereocenters. The summed E-state index contributed by atoms with van der Waals surface area (Å²) in [6, 6.07) is 17.5. The van der Waals surface area contributed by atoms with Crippen molar-refractivity contribution in [2.75, 3.05) is 24.4 Å². The Labute approximate surface area is 168 Å². The molecule has 0 fully saturated rings.